The first-order chi connectivity index (χ1) is 26.7. The SMILES string of the molecule is Cc1ccc(C(=O)NCC(=O)N(C)C2C(=O)NCC(=O)NC(C(=O)NCC(=O)NS(C)=O)Cc3ccc(OCCN)c(c3)-c3cc2ccc3OCCN)c(C)c1. The molecule has 3 aromatic rings. The fraction of sp³-hybridized carbons (Fsp3) is 0.368. The first-order valence-electron chi connectivity index (χ1n) is 17.7. The number of carbonyl (C=O) groups is 6. The smallest absolute Gasteiger partial charge is 0.251 e. The van der Waals surface area contributed by atoms with Crippen molar-refractivity contribution in [1.82, 2.24) is 30.9 Å². The van der Waals surface area contributed by atoms with Gasteiger partial charge in [-0.1, -0.05) is 29.8 Å². The maximum atomic E-state index is 14.0. The second-order valence-electron chi connectivity index (χ2n) is 13.0. The molecule has 300 valence electrons. The number of amides is 6. The molecule has 0 saturated heterocycles. The topological polar surface area (TPSA) is 253 Å². The lowest BCUT2D eigenvalue weighted by Crippen LogP contribution is -2.53. The number of aryl methyl sites for hydroxylation is 2. The van der Waals surface area contributed by atoms with Crippen molar-refractivity contribution in [2.75, 3.05) is 59.2 Å². The monoisotopic (exact) mass is 792 g/mol. The van der Waals surface area contributed by atoms with Crippen LogP contribution in [0.5, 0.6) is 11.5 Å². The van der Waals surface area contributed by atoms with E-state index in [0.717, 1.165) is 16.0 Å². The second-order valence-corrected chi connectivity index (χ2v) is 14.1. The Labute approximate surface area is 327 Å². The molecular formula is C38H48N8O9S. The van der Waals surface area contributed by atoms with Crippen LogP contribution in [0.25, 0.3) is 11.1 Å². The van der Waals surface area contributed by atoms with E-state index >= 15 is 0 Å². The number of hydrogen-bond acceptors (Lipinski definition) is 11. The van der Waals surface area contributed by atoms with E-state index in [-0.39, 0.29) is 32.7 Å². The van der Waals surface area contributed by atoms with Crippen LogP contribution in [0, 0.1) is 13.8 Å². The maximum absolute atomic E-state index is 14.0. The van der Waals surface area contributed by atoms with Gasteiger partial charge in [-0.05, 0) is 60.9 Å². The Morgan fingerprint density at radius 2 is 1.55 bits per heavy atom. The fourth-order valence-corrected chi connectivity index (χ4v) is 6.41. The predicted octanol–water partition coefficient (Wildman–Crippen LogP) is -0.742. The molecule has 4 bridgehead atoms. The van der Waals surface area contributed by atoms with Crippen molar-refractivity contribution in [3.05, 3.63) is 82.4 Å². The maximum Gasteiger partial charge on any atom is 0.251 e. The summed E-state index contributed by atoms with van der Waals surface area (Å²) in [5.41, 5.74) is 15.5. The van der Waals surface area contributed by atoms with Crippen LogP contribution in [0.15, 0.2) is 54.6 Å². The highest BCUT2D eigenvalue weighted by Gasteiger charge is 2.32. The molecule has 1 aliphatic rings. The molecule has 6 amide bonds. The number of nitrogens with two attached hydrogens (primary N) is 2. The number of likely N-dealkylation sites (N-methyl/N-ethyl adjacent to an activating group) is 1. The molecule has 0 fully saturated rings. The van der Waals surface area contributed by atoms with Gasteiger partial charge in [0, 0.05) is 49.5 Å². The molecule has 56 heavy (non-hydrogen) atoms. The number of fused-ring (bicyclic) bond motifs is 5. The highest BCUT2D eigenvalue weighted by Crippen LogP contribution is 2.40. The van der Waals surface area contributed by atoms with Crippen LogP contribution in [0.4, 0.5) is 0 Å². The van der Waals surface area contributed by atoms with Gasteiger partial charge in [0.1, 0.15) is 47.8 Å². The molecule has 17 nitrogen and oxygen atoms in total. The number of carbonyl (C=O) groups excluding carboxylic acids is 6. The average molecular weight is 793 g/mol. The van der Waals surface area contributed by atoms with Crippen LogP contribution in [0.2, 0.25) is 0 Å². The number of rotatable bonds is 14. The molecule has 3 atom stereocenters. The molecule has 0 aliphatic carbocycles. The van der Waals surface area contributed by atoms with Crippen molar-refractivity contribution in [2.24, 2.45) is 11.5 Å². The first-order valence-corrected chi connectivity index (χ1v) is 19.3. The lowest BCUT2D eigenvalue weighted by atomic mass is 9.93. The zero-order chi connectivity index (χ0) is 40.9. The Morgan fingerprint density at radius 1 is 0.893 bits per heavy atom. The van der Waals surface area contributed by atoms with E-state index in [0.29, 0.717) is 39.3 Å². The summed E-state index contributed by atoms with van der Waals surface area (Å²) in [6.45, 7) is 2.82. The Morgan fingerprint density at radius 3 is 2.20 bits per heavy atom. The van der Waals surface area contributed by atoms with E-state index in [9.17, 15) is 33.0 Å². The van der Waals surface area contributed by atoms with Gasteiger partial charge in [0.25, 0.3) is 11.8 Å². The van der Waals surface area contributed by atoms with Crippen molar-refractivity contribution in [2.45, 2.75) is 32.4 Å². The quantitative estimate of drug-likeness (QED) is 0.107. The van der Waals surface area contributed by atoms with Crippen LogP contribution < -0.4 is 46.9 Å². The van der Waals surface area contributed by atoms with Gasteiger partial charge in [0.15, 0.2) is 0 Å². The summed E-state index contributed by atoms with van der Waals surface area (Å²) in [5.74, 6) is -3.23. The lowest BCUT2D eigenvalue weighted by Gasteiger charge is -2.29. The van der Waals surface area contributed by atoms with Gasteiger partial charge in [-0.25, -0.2) is 4.21 Å². The number of ether oxygens (including phenoxy) is 2. The van der Waals surface area contributed by atoms with Gasteiger partial charge in [-0.15, -0.1) is 0 Å². The van der Waals surface area contributed by atoms with E-state index in [1.807, 2.05) is 13.0 Å². The third-order valence-corrected chi connectivity index (χ3v) is 9.17. The molecule has 18 heteroatoms. The highest BCUT2D eigenvalue weighted by molar-refractivity contribution is 7.82. The van der Waals surface area contributed by atoms with Crippen LogP contribution in [0.3, 0.4) is 0 Å². The fourth-order valence-electron chi connectivity index (χ4n) is 6.01. The number of nitrogens with zero attached hydrogens (tertiary/aromatic N) is 1. The third kappa shape index (κ3) is 11.6. The van der Waals surface area contributed by atoms with Crippen molar-refractivity contribution in [3.8, 4) is 22.6 Å². The molecule has 4 rings (SSSR count). The molecule has 1 aliphatic heterocycles. The van der Waals surface area contributed by atoms with Crippen LogP contribution in [-0.4, -0.2) is 110 Å². The van der Waals surface area contributed by atoms with Crippen LogP contribution in [0.1, 0.15) is 38.7 Å². The normalized spacial score (nSPS) is 15.9. The number of nitrogens with one attached hydrogen (secondary N) is 5. The Hall–Kier alpha value is -5.85. The van der Waals surface area contributed by atoms with E-state index in [4.69, 9.17) is 20.9 Å². The lowest BCUT2D eigenvalue weighted by molar-refractivity contribution is -0.139. The molecule has 9 N–H and O–H groups in total. The van der Waals surface area contributed by atoms with E-state index in [1.165, 1.54) is 13.3 Å². The Balaban J connectivity index is 1.77. The van der Waals surface area contributed by atoms with E-state index < -0.39 is 78.1 Å². The summed E-state index contributed by atoms with van der Waals surface area (Å²) in [4.78, 5) is 80.7. The minimum absolute atomic E-state index is 0.0522. The average Bonchev–Trinajstić information content (AvgIpc) is 3.16. The molecule has 1 heterocycles. The Bertz CT molecular complexity index is 1990. The molecule has 0 spiro atoms. The van der Waals surface area contributed by atoms with Gasteiger partial charge < -0.3 is 47.1 Å². The summed E-state index contributed by atoms with van der Waals surface area (Å²) >= 11 is 0. The molecular weight excluding hydrogens is 745 g/mol. The minimum atomic E-state index is -1.66. The third-order valence-electron chi connectivity index (χ3n) is 8.66. The van der Waals surface area contributed by atoms with Crippen molar-refractivity contribution in [1.29, 1.82) is 0 Å². The Kier molecular flexibility index (Phi) is 15.5. The summed E-state index contributed by atoms with van der Waals surface area (Å²) in [5, 5.41) is 10.3. The predicted molar refractivity (Wildman–Crippen MR) is 209 cm³/mol. The van der Waals surface area contributed by atoms with Crippen LogP contribution in [-0.2, 0) is 41.4 Å². The standard InChI is InChI=1S/C38H48N8O9S/c1-22-5-8-26(23(2)15-22)36(50)43-21-34(49)46(3)35-25-7-10-31(55-14-12-40)28(18-25)27-16-24(6-9-30(27)54-13-11-39)17-29(44-32(47)19-42-38(35)52)37(51)41-20-33(48)45-56(4)53/h5-10,15-16,18,29,35H,11-14,17,19-21,39-40H2,1-4H3,(H,41,51)(H,42,52)(H,43,50)(H,44,47)(H,45,48). The van der Waals surface area contributed by atoms with Crippen molar-refractivity contribution < 1.29 is 42.4 Å². The summed E-state index contributed by atoms with van der Waals surface area (Å²) in [6, 6.07) is 12.8. The second kappa shape index (κ2) is 20.2. The van der Waals surface area contributed by atoms with Gasteiger partial charge in [0.2, 0.25) is 23.6 Å². The van der Waals surface area contributed by atoms with E-state index in [1.54, 1.807) is 55.5 Å². The van der Waals surface area contributed by atoms with Gasteiger partial charge in [0.05, 0.1) is 19.6 Å². The molecule has 0 radical (unpaired) electrons. The largest absolute Gasteiger partial charge is 0.492 e. The van der Waals surface area contributed by atoms with E-state index in [2.05, 4.69) is 26.0 Å². The molecule has 0 aromatic heterocycles. The van der Waals surface area contributed by atoms with Crippen LogP contribution >= 0.6 is 0 Å². The minimum Gasteiger partial charge on any atom is -0.492 e. The molecule has 0 saturated carbocycles. The highest BCUT2D eigenvalue weighted by atomic mass is 32.2. The zero-order valence-electron chi connectivity index (χ0n) is 31.7. The first kappa shape index (κ1) is 42.9. The van der Waals surface area contributed by atoms with Gasteiger partial charge in [-0.3, -0.25) is 33.5 Å². The summed E-state index contributed by atoms with van der Waals surface area (Å²) in [6.07, 6.45) is 1.21. The van der Waals surface area contributed by atoms with Gasteiger partial charge >= 0.3 is 0 Å². The number of hydrogen-bond donors (Lipinski definition) is 7. The zero-order valence-corrected chi connectivity index (χ0v) is 32.5. The molecule has 3 aromatic carbocycles. The molecule has 3 unspecified atom stereocenters. The van der Waals surface area contributed by atoms with Crippen molar-refractivity contribution >= 4 is 46.4 Å². The van der Waals surface area contributed by atoms with Crippen molar-refractivity contribution in [3.63, 3.8) is 0 Å². The summed E-state index contributed by atoms with van der Waals surface area (Å²) in [7, 11) is -0.257. The number of benzene rings is 3. The summed E-state index contributed by atoms with van der Waals surface area (Å²) < 4.78 is 25.6. The van der Waals surface area contributed by atoms with Gasteiger partial charge in [-0.2, -0.15) is 0 Å².